The van der Waals surface area contributed by atoms with Gasteiger partial charge >= 0.3 is 5.97 Å². The Kier molecular flexibility index (Phi) is 7.72. The van der Waals surface area contributed by atoms with E-state index in [-0.39, 0.29) is 17.2 Å². The standard InChI is InChI=1S/C15H29NO3/c1-6-7-8-12(14(18)19)16-13(17)9-11(2)10-15(3,4)5/h11-12H,6-10H2,1-5H3,(H,16,17)(H,18,19)/t11?,12-/m0/s1. The van der Waals surface area contributed by atoms with Crippen LogP contribution in [0, 0.1) is 11.3 Å². The van der Waals surface area contributed by atoms with Gasteiger partial charge in [-0.1, -0.05) is 47.5 Å². The molecule has 0 spiro atoms. The van der Waals surface area contributed by atoms with Crippen LogP contribution in [0.5, 0.6) is 0 Å². The Morgan fingerprint density at radius 2 is 1.84 bits per heavy atom. The highest BCUT2D eigenvalue weighted by atomic mass is 16.4. The lowest BCUT2D eigenvalue weighted by atomic mass is 9.84. The molecule has 0 aromatic heterocycles. The van der Waals surface area contributed by atoms with Crippen LogP contribution in [-0.4, -0.2) is 23.0 Å². The van der Waals surface area contributed by atoms with Crippen LogP contribution in [-0.2, 0) is 9.59 Å². The molecule has 2 N–H and O–H groups in total. The van der Waals surface area contributed by atoms with Crippen LogP contribution in [0.1, 0.15) is 66.7 Å². The van der Waals surface area contributed by atoms with Crippen molar-refractivity contribution < 1.29 is 14.7 Å². The number of nitrogens with one attached hydrogen (secondary N) is 1. The van der Waals surface area contributed by atoms with Crippen LogP contribution in [0.3, 0.4) is 0 Å². The highest BCUT2D eigenvalue weighted by Gasteiger charge is 2.22. The molecule has 1 unspecified atom stereocenters. The zero-order chi connectivity index (χ0) is 15.1. The van der Waals surface area contributed by atoms with E-state index in [1.165, 1.54) is 0 Å². The highest BCUT2D eigenvalue weighted by molar-refractivity contribution is 5.83. The summed E-state index contributed by atoms with van der Waals surface area (Å²) in [6.45, 7) is 10.5. The van der Waals surface area contributed by atoms with Crippen LogP contribution in [0.25, 0.3) is 0 Å². The first kappa shape index (κ1) is 17.9. The number of amides is 1. The summed E-state index contributed by atoms with van der Waals surface area (Å²) >= 11 is 0. The van der Waals surface area contributed by atoms with Gasteiger partial charge in [-0.25, -0.2) is 4.79 Å². The first-order valence-electron chi connectivity index (χ1n) is 7.18. The van der Waals surface area contributed by atoms with Gasteiger partial charge in [0.1, 0.15) is 6.04 Å². The monoisotopic (exact) mass is 271 g/mol. The molecular formula is C15H29NO3. The van der Waals surface area contributed by atoms with E-state index in [0.717, 1.165) is 19.3 Å². The first-order valence-corrected chi connectivity index (χ1v) is 7.18. The summed E-state index contributed by atoms with van der Waals surface area (Å²) in [5.74, 6) is -0.828. The van der Waals surface area contributed by atoms with Crippen molar-refractivity contribution in [1.29, 1.82) is 0 Å². The maximum absolute atomic E-state index is 11.8. The van der Waals surface area contributed by atoms with Crippen LogP contribution in [0.2, 0.25) is 0 Å². The van der Waals surface area contributed by atoms with Crippen LogP contribution < -0.4 is 5.32 Å². The molecule has 0 saturated carbocycles. The van der Waals surface area contributed by atoms with E-state index in [2.05, 4.69) is 26.1 Å². The maximum atomic E-state index is 11.8. The third-order valence-corrected chi connectivity index (χ3v) is 2.97. The molecule has 2 atom stereocenters. The highest BCUT2D eigenvalue weighted by Crippen LogP contribution is 2.25. The summed E-state index contributed by atoms with van der Waals surface area (Å²) in [6, 6.07) is -0.741. The molecule has 0 heterocycles. The van der Waals surface area contributed by atoms with Gasteiger partial charge in [-0.15, -0.1) is 0 Å². The molecule has 0 bridgehead atoms. The largest absolute Gasteiger partial charge is 0.480 e. The molecule has 0 radical (unpaired) electrons. The van der Waals surface area contributed by atoms with Crippen LogP contribution in [0.15, 0.2) is 0 Å². The average Bonchev–Trinajstić information content (AvgIpc) is 2.20. The Bertz CT molecular complexity index is 294. The number of hydrogen-bond donors (Lipinski definition) is 2. The molecule has 0 aliphatic carbocycles. The molecule has 19 heavy (non-hydrogen) atoms. The van der Waals surface area contributed by atoms with Gasteiger partial charge < -0.3 is 10.4 Å². The number of carboxylic acid groups (broad SMARTS) is 1. The van der Waals surface area contributed by atoms with E-state index in [1.807, 2.05) is 13.8 Å². The number of carbonyl (C=O) groups is 2. The lowest BCUT2D eigenvalue weighted by Crippen LogP contribution is -2.41. The van der Waals surface area contributed by atoms with Gasteiger partial charge in [0, 0.05) is 6.42 Å². The SMILES string of the molecule is CCCC[C@H](NC(=O)CC(C)CC(C)(C)C)C(=O)O. The first-order chi connectivity index (χ1) is 8.65. The maximum Gasteiger partial charge on any atom is 0.326 e. The molecule has 0 rings (SSSR count). The quantitative estimate of drug-likeness (QED) is 0.712. The van der Waals surface area contributed by atoms with Gasteiger partial charge in [-0.3, -0.25) is 4.79 Å². The van der Waals surface area contributed by atoms with Crippen molar-refractivity contribution in [3.63, 3.8) is 0 Å². The van der Waals surface area contributed by atoms with E-state index in [9.17, 15) is 9.59 Å². The number of hydrogen-bond acceptors (Lipinski definition) is 2. The lowest BCUT2D eigenvalue weighted by molar-refractivity contribution is -0.142. The fourth-order valence-corrected chi connectivity index (χ4v) is 2.35. The summed E-state index contributed by atoms with van der Waals surface area (Å²) in [5.41, 5.74) is 0.189. The Balaban J connectivity index is 4.22. The van der Waals surface area contributed by atoms with Gasteiger partial charge in [0.25, 0.3) is 0 Å². The smallest absolute Gasteiger partial charge is 0.326 e. The topological polar surface area (TPSA) is 66.4 Å². The summed E-state index contributed by atoms with van der Waals surface area (Å²) < 4.78 is 0. The van der Waals surface area contributed by atoms with Crippen molar-refractivity contribution in [2.45, 2.75) is 72.8 Å². The normalized spacial score (nSPS) is 14.8. The van der Waals surface area contributed by atoms with Gasteiger partial charge in [0.2, 0.25) is 5.91 Å². The fraction of sp³-hybridized carbons (Fsp3) is 0.867. The van der Waals surface area contributed by atoms with Crippen molar-refractivity contribution in [2.24, 2.45) is 11.3 Å². The van der Waals surface area contributed by atoms with Gasteiger partial charge in [-0.2, -0.15) is 0 Å². The van der Waals surface area contributed by atoms with E-state index >= 15 is 0 Å². The summed E-state index contributed by atoms with van der Waals surface area (Å²) in [7, 11) is 0. The minimum Gasteiger partial charge on any atom is -0.480 e. The molecule has 0 aliphatic rings. The molecule has 112 valence electrons. The number of unbranched alkanes of at least 4 members (excludes halogenated alkanes) is 1. The second-order valence-electron chi connectivity index (χ2n) is 6.67. The molecule has 0 aliphatic heterocycles. The molecule has 0 aromatic rings. The number of rotatable bonds is 8. The second-order valence-corrected chi connectivity index (χ2v) is 6.67. The van der Waals surface area contributed by atoms with Gasteiger partial charge in [0.05, 0.1) is 0 Å². The third-order valence-electron chi connectivity index (χ3n) is 2.97. The summed E-state index contributed by atoms with van der Waals surface area (Å²) in [5, 5.41) is 11.7. The van der Waals surface area contributed by atoms with Crippen molar-refractivity contribution in [1.82, 2.24) is 5.32 Å². The predicted molar refractivity (Wildman–Crippen MR) is 76.9 cm³/mol. The average molecular weight is 271 g/mol. The van der Waals surface area contributed by atoms with Crippen molar-refractivity contribution in [3.05, 3.63) is 0 Å². The van der Waals surface area contributed by atoms with Gasteiger partial charge in [0.15, 0.2) is 0 Å². The van der Waals surface area contributed by atoms with Gasteiger partial charge in [-0.05, 0) is 24.2 Å². The van der Waals surface area contributed by atoms with Crippen molar-refractivity contribution in [2.75, 3.05) is 0 Å². The summed E-state index contributed by atoms with van der Waals surface area (Å²) in [6.07, 6.45) is 3.60. The molecular weight excluding hydrogens is 242 g/mol. The Morgan fingerprint density at radius 3 is 2.26 bits per heavy atom. The molecule has 0 aromatic carbocycles. The number of carboxylic acids is 1. The van der Waals surface area contributed by atoms with Crippen molar-refractivity contribution >= 4 is 11.9 Å². The lowest BCUT2D eigenvalue weighted by Gasteiger charge is -2.23. The zero-order valence-corrected chi connectivity index (χ0v) is 13.0. The van der Waals surface area contributed by atoms with E-state index < -0.39 is 12.0 Å². The Labute approximate surface area is 117 Å². The Morgan fingerprint density at radius 1 is 1.26 bits per heavy atom. The summed E-state index contributed by atoms with van der Waals surface area (Å²) in [4.78, 5) is 22.9. The zero-order valence-electron chi connectivity index (χ0n) is 13.0. The van der Waals surface area contributed by atoms with E-state index in [1.54, 1.807) is 0 Å². The van der Waals surface area contributed by atoms with Crippen molar-refractivity contribution in [3.8, 4) is 0 Å². The Hall–Kier alpha value is -1.06. The van der Waals surface area contributed by atoms with Crippen LogP contribution >= 0.6 is 0 Å². The molecule has 4 nitrogen and oxygen atoms in total. The van der Waals surface area contributed by atoms with E-state index in [4.69, 9.17) is 5.11 Å². The predicted octanol–water partition coefficient (Wildman–Crippen LogP) is 3.21. The minimum absolute atomic E-state index is 0.153. The fourth-order valence-electron chi connectivity index (χ4n) is 2.35. The number of carbonyl (C=O) groups excluding carboxylic acids is 1. The molecule has 0 saturated heterocycles. The van der Waals surface area contributed by atoms with Crippen LogP contribution in [0.4, 0.5) is 0 Å². The molecule has 1 amide bonds. The molecule has 0 fully saturated rings. The number of aliphatic carboxylic acids is 1. The second kappa shape index (κ2) is 8.18. The minimum atomic E-state index is -0.940. The molecule has 4 heteroatoms. The third kappa shape index (κ3) is 9.51. The van der Waals surface area contributed by atoms with E-state index in [0.29, 0.717) is 12.8 Å².